The lowest BCUT2D eigenvalue weighted by Gasteiger charge is -2.21. The third kappa shape index (κ3) is 1.95. The second kappa shape index (κ2) is 4.03. The van der Waals surface area contributed by atoms with Gasteiger partial charge in [-0.3, -0.25) is 4.90 Å². The largest absolute Gasteiger partial charge is 0.339 e. The minimum atomic E-state index is -0.432. The van der Waals surface area contributed by atoms with Crippen molar-refractivity contribution >= 4 is 0 Å². The maximum atomic E-state index is 6.51. The summed E-state index contributed by atoms with van der Waals surface area (Å²) >= 11 is 0. The number of aromatic nitrogens is 2. The predicted molar refractivity (Wildman–Crippen MR) is 68.1 cm³/mol. The average Bonchev–Trinajstić information content (AvgIpc) is 2.90. The van der Waals surface area contributed by atoms with Crippen molar-refractivity contribution in [3.63, 3.8) is 0 Å². The first-order valence-electron chi connectivity index (χ1n) is 6.88. The normalized spacial score (nSPS) is 33.5. The molecule has 1 aliphatic heterocycles. The van der Waals surface area contributed by atoms with E-state index in [-0.39, 0.29) is 5.92 Å². The van der Waals surface area contributed by atoms with Gasteiger partial charge in [-0.15, -0.1) is 0 Å². The molecule has 1 saturated carbocycles. The van der Waals surface area contributed by atoms with Gasteiger partial charge in [-0.1, -0.05) is 19.0 Å². The van der Waals surface area contributed by atoms with Gasteiger partial charge in [-0.2, -0.15) is 4.98 Å². The van der Waals surface area contributed by atoms with Gasteiger partial charge < -0.3 is 10.3 Å². The molecule has 1 aromatic rings. The molecule has 3 rings (SSSR count). The molecule has 5 heteroatoms. The van der Waals surface area contributed by atoms with Crippen LogP contribution in [0.1, 0.15) is 57.7 Å². The molecule has 2 atom stereocenters. The SMILES string of the molecule is CC(C)c1nc(C2(N)CC(C)N(C3CC3)C2)no1. The lowest BCUT2D eigenvalue weighted by atomic mass is 9.97. The Morgan fingerprint density at radius 3 is 2.72 bits per heavy atom. The molecular weight excluding hydrogens is 228 g/mol. The van der Waals surface area contributed by atoms with Crippen LogP contribution in [0.5, 0.6) is 0 Å². The van der Waals surface area contributed by atoms with Crippen molar-refractivity contribution in [2.45, 2.75) is 63.6 Å². The van der Waals surface area contributed by atoms with Crippen molar-refractivity contribution in [3.05, 3.63) is 11.7 Å². The quantitative estimate of drug-likeness (QED) is 0.882. The van der Waals surface area contributed by atoms with E-state index in [9.17, 15) is 0 Å². The number of rotatable bonds is 3. The zero-order valence-corrected chi connectivity index (χ0v) is 11.4. The van der Waals surface area contributed by atoms with Crippen LogP contribution >= 0.6 is 0 Å². The summed E-state index contributed by atoms with van der Waals surface area (Å²) in [7, 11) is 0. The Bertz CT molecular complexity index is 440. The van der Waals surface area contributed by atoms with Gasteiger partial charge in [0.15, 0.2) is 5.82 Å². The molecule has 0 amide bonds. The van der Waals surface area contributed by atoms with Gasteiger partial charge in [0.05, 0.1) is 5.54 Å². The van der Waals surface area contributed by atoms with Crippen LogP contribution in [0.25, 0.3) is 0 Å². The van der Waals surface area contributed by atoms with E-state index in [0.29, 0.717) is 17.8 Å². The number of likely N-dealkylation sites (tertiary alicyclic amines) is 1. The van der Waals surface area contributed by atoms with Crippen LogP contribution in [0.15, 0.2) is 4.52 Å². The lowest BCUT2D eigenvalue weighted by Crippen LogP contribution is -2.41. The first-order valence-corrected chi connectivity index (χ1v) is 6.88. The molecule has 5 nitrogen and oxygen atoms in total. The van der Waals surface area contributed by atoms with E-state index < -0.39 is 5.54 Å². The van der Waals surface area contributed by atoms with Crippen LogP contribution in [0.2, 0.25) is 0 Å². The second-order valence-electron chi connectivity index (χ2n) is 6.22. The van der Waals surface area contributed by atoms with Crippen molar-refractivity contribution in [2.75, 3.05) is 6.54 Å². The van der Waals surface area contributed by atoms with Crippen LogP contribution in [0, 0.1) is 0 Å². The number of hydrogen-bond donors (Lipinski definition) is 1. The van der Waals surface area contributed by atoms with E-state index in [0.717, 1.165) is 19.0 Å². The third-order valence-corrected chi connectivity index (χ3v) is 4.09. The van der Waals surface area contributed by atoms with Crippen molar-refractivity contribution in [1.29, 1.82) is 0 Å². The summed E-state index contributed by atoms with van der Waals surface area (Å²) in [6.07, 6.45) is 3.54. The Balaban J connectivity index is 1.81. The molecule has 0 bridgehead atoms. The zero-order valence-electron chi connectivity index (χ0n) is 11.4. The first-order chi connectivity index (χ1) is 8.49. The molecule has 0 radical (unpaired) electrons. The summed E-state index contributed by atoms with van der Waals surface area (Å²) < 4.78 is 5.29. The van der Waals surface area contributed by atoms with Gasteiger partial charge in [0.1, 0.15) is 0 Å². The third-order valence-electron chi connectivity index (χ3n) is 4.09. The molecule has 2 fully saturated rings. The van der Waals surface area contributed by atoms with Crippen molar-refractivity contribution < 1.29 is 4.52 Å². The van der Waals surface area contributed by atoms with E-state index in [1.54, 1.807) is 0 Å². The van der Waals surface area contributed by atoms with Crippen molar-refractivity contribution in [1.82, 2.24) is 15.0 Å². The highest BCUT2D eigenvalue weighted by molar-refractivity contribution is 5.13. The maximum Gasteiger partial charge on any atom is 0.229 e. The van der Waals surface area contributed by atoms with Gasteiger partial charge in [0, 0.05) is 24.5 Å². The van der Waals surface area contributed by atoms with E-state index >= 15 is 0 Å². The maximum absolute atomic E-state index is 6.51. The van der Waals surface area contributed by atoms with E-state index in [1.807, 2.05) is 13.8 Å². The topological polar surface area (TPSA) is 68.2 Å². The molecule has 2 heterocycles. The Morgan fingerprint density at radius 2 is 2.17 bits per heavy atom. The summed E-state index contributed by atoms with van der Waals surface area (Å²) in [6.45, 7) is 7.20. The first kappa shape index (κ1) is 12.1. The smallest absolute Gasteiger partial charge is 0.229 e. The van der Waals surface area contributed by atoms with Gasteiger partial charge in [-0.05, 0) is 26.2 Å². The standard InChI is InChI=1S/C13H22N4O/c1-8(2)11-15-12(16-18-11)13(14)6-9(3)17(7-13)10-4-5-10/h8-10H,4-7,14H2,1-3H3. The Kier molecular flexibility index (Phi) is 2.71. The molecular formula is C13H22N4O. The molecule has 2 aliphatic rings. The van der Waals surface area contributed by atoms with E-state index in [2.05, 4.69) is 22.0 Å². The molecule has 18 heavy (non-hydrogen) atoms. The number of nitrogens with two attached hydrogens (primary N) is 1. The highest BCUT2D eigenvalue weighted by Crippen LogP contribution is 2.39. The summed E-state index contributed by atoms with van der Waals surface area (Å²) in [5.74, 6) is 1.63. The summed E-state index contributed by atoms with van der Waals surface area (Å²) in [4.78, 5) is 6.99. The summed E-state index contributed by atoms with van der Waals surface area (Å²) in [5.41, 5.74) is 6.08. The highest BCUT2D eigenvalue weighted by atomic mass is 16.5. The second-order valence-corrected chi connectivity index (χ2v) is 6.22. The van der Waals surface area contributed by atoms with Crippen LogP contribution in [-0.4, -0.2) is 33.7 Å². The molecule has 0 aromatic carbocycles. The van der Waals surface area contributed by atoms with Crippen LogP contribution in [-0.2, 0) is 5.54 Å². The Labute approximate surface area is 108 Å². The fourth-order valence-corrected chi connectivity index (χ4v) is 2.92. The molecule has 2 unspecified atom stereocenters. The minimum Gasteiger partial charge on any atom is -0.339 e. The molecule has 2 N–H and O–H groups in total. The lowest BCUT2D eigenvalue weighted by molar-refractivity contribution is 0.247. The molecule has 0 spiro atoms. The van der Waals surface area contributed by atoms with Crippen LogP contribution in [0.3, 0.4) is 0 Å². The predicted octanol–water partition coefficient (Wildman–Crippen LogP) is 1.60. The highest BCUT2D eigenvalue weighted by Gasteiger charge is 2.48. The number of nitrogens with zero attached hydrogens (tertiary/aromatic N) is 3. The van der Waals surface area contributed by atoms with Crippen molar-refractivity contribution in [3.8, 4) is 0 Å². The van der Waals surface area contributed by atoms with Crippen LogP contribution < -0.4 is 5.73 Å². The summed E-state index contributed by atoms with van der Waals surface area (Å²) in [6, 6.07) is 1.25. The molecule has 100 valence electrons. The monoisotopic (exact) mass is 250 g/mol. The van der Waals surface area contributed by atoms with E-state index in [1.165, 1.54) is 12.8 Å². The molecule has 1 aromatic heterocycles. The fourth-order valence-electron chi connectivity index (χ4n) is 2.92. The van der Waals surface area contributed by atoms with Crippen molar-refractivity contribution in [2.24, 2.45) is 5.73 Å². The molecule has 1 saturated heterocycles. The fraction of sp³-hybridized carbons (Fsp3) is 0.846. The zero-order chi connectivity index (χ0) is 12.9. The van der Waals surface area contributed by atoms with E-state index in [4.69, 9.17) is 10.3 Å². The Morgan fingerprint density at radius 1 is 1.44 bits per heavy atom. The average molecular weight is 250 g/mol. The van der Waals surface area contributed by atoms with Gasteiger partial charge >= 0.3 is 0 Å². The minimum absolute atomic E-state index is 0.258. The van der Waals surface area contributed by atoms with Gasteiger partial charge in [-0.25, -0.2) is 0 Å². The number of hydrogen-bond acceptors (Lipinski definition) is 5. The summed E-state index contributed by atoms with van der Waals surface area (Å²) in [5, 5.41) is 4.10. The van der Waals surface area contributed by atoms with Crippen LogP contribution in [0.4, 0.5) is 0 Å². The molecule has 1 aliphatic carbocycles. The Hall–Kier alpha value is -0.940. The van der Waals surface area contributed by atoms with Gasteiger partial charge in [0.2, 0.25) is 5.89 Å². The van der Waals surface area contributed by atoms with Gasteiger partial charge in [0.25, 0.3) is 0 Å².